The van der Waals surface area contributed by atoms with Gasteiger partial charge in [-0.3, -0.25) is 4.79 Å². The molecule has 1 amide bonds. The molecule has 0 bridgehead atoms. The van der Waals surface area contributed by atoms with Crippen molar-refractivity contribution in [3.8, 4) is 0 Å². The number of aliphatic hydroxyl groups excluding tert-OH is 1. The topological polar surface area (TPSA) is 64.0 Å². The van der Waals surface area contributed by atoms with Gasteiger partial charge >= 0.3 is 0 Å². The summed E-state index contributed by atoms with van der Waals surface area (Å²) in [4.78, 5) is 14.1. The number of carbonyl (C=O) groups excluding carboxylic acids is 1. The van der Waals surface area contributed by atoms with E-state index in [0.717, 1.165) is 0 Å². The van der Waals surface area contributed by atoms with Crippen LogP contribution in [0.15, 0.2) is 0 Å². The van der Waals surface area contributed by atoms with Crippen LogP contribution in [0.1, 0.15) is 40.5 Å². The Labute approximate surface area is 103 Å². The van der Waals surface area contributed by atoms with E-state index in [4.69, 9.17) is 5.11 Å². The fourth-order valence-electron chi connectivity index (χ4n) is 2.72. The molecule has 0 unspecified atom stereocenters. The molecule has 0 saturated carbocycles. The number of piperazine rings is 1. The van der Waals surface area contributed by atoms with Crippen molar-refractivity contribution in [2.75, 3.05) is 19.7 Å². The van der Waals surface area contributed by atoms with Crippen molar-refractivity contribution in [3.63, 3.8) is 0 Å². The summed E-state index contributed by atoms with van der Waals surface area (Å²) in [6.07, 6.45) is 1.12. The maximum atomic E-state index is 12.4. The molecule has 1 heterocycles. The molecule has 0 radical (unpaired) electrons. The second kappa shape index (κ2) is 4.92. The minimum absolute atomic E-state index is 0.0449. The van der Waals surface area contributed by atoms with Crippen LogP contribution in [0.4, 0.5) is 0 Å². The highest BCUT2D eigenvalue weighted by molar-refractivity contribution is 5.87. The third-order valence-corrected chi connectivity index (χ3v) is 3.78. The summed E-state index contributed by atoms with van der Waals surface area (Å²) in [5.41, 5.74) is -1.34. The van der Waals surface area contributed by atoms with Crippen LogP contribution in [0.3, 0.4) is 0 Å². The highest BCUT2D eigenvalue weighted by atomic mass is 16.5. The molecule has 0 spiro atoms. The zero-order chi connectivity index (χ0) is 13.3. The van der Waals surface area contributed by atoms with E-state index in [9.17, 15) is 10.0 Å². The lowest BCUT2D eigenvalue weighted by molar-refractivity contribution is -0.257. The normalized spacial score (nSPS) is 24.1. The van der Waals surface area contributed by atoms with Crippen molar-refractivity contribution in [2.24, 2.45) is 0 Å². The molecule has 1 aliphatic rings. The molecular weight excluding hydrogens is 220 g/mol. The van der Waals surface area contributed by atoms with Crippen LogP contribution in [0.2, 0.25) is 0 Å². The van der Waals surface area contributed by atoms with Gasteiger partial charge in [0.1, 0.15) is 5.54 Å². The van der Waals surface area contributed by atoms with Crippen LogP contribution in [-0.4, -0.2) is 57.0 Å². The van der Waals surface area contributed by atoms with Gasteiger partial charge in [0.15, 0.2) is 0 Å². The molecule has 100 valence electrons. The van der Waals surface area contributed by atoms with Crippen LogP contribution < -0.4 is 0 Å². The third-order valence-electron chi connectivity index (χ3n) is 3.78. The van der Waals surface area contributed by atoms with E-state index in [1.54, 1.807) is 4.90 Å². The predicted octanol–water partition coefficient (Wildman–Crippen LogP) is 0.849. The van der Waals surface area contributed by atoms with Crippen molar-refractivity contribution >= 4 is 5.91 Å². The van der Waals surface area contributed by atoms with E-state index >= 15 is 0 Å². The molecule has 1 aliphatic heterocycles. The number of hydrogen-bond acceptors (Lipinski definition) is 4. The van der Waals surface area contributed by atoms with E-state index < -0.39 is 11.1 Å². The van der Waals surface area contributed by atoms with Crippen LogP contribution in [-0.2, 0) is 4.79 Å². The van der Waals surface area contributed by atoms with Gasteiger partial charge in [-0.25, -0.2) is 0 Å². The quantitative estimate of drug-likeness (QED) is 0.769. The average molecular weight is 244 g/mol. The molecule has 1 saturated heterocycles. The Kier molecular flexibility index (Phi) is 4.17. The molecule has 17 heavy (non-hydrogen) atoms. The SMILES string of the molecule is CCC1(CC)C(=O)N(CCO)CC(C)(C)N1O. The maximum Gasteiger partial charge on any atom is 0.245 e. The first-order chi connectivity index (χ1) is 7.85. The smallest absolute Gasteiger partial charge is 0.245 e. The highest BCUT2D eigenvalue weighted by Gasteiger charge is 2.53. The molecule has 2 N–H and O–H groups in total. The van der Waals surface area contributed by atoms with E-state index in [-0.39, 0.29) is 12.5 Å². The van der Waals surface area contributed by atoms with Crippen molar-refractivity contribution in [3.05, 3.63) is 0 Å². The Morgan fingerprint density at radius 3 is 2.24 bits per heavy atom. The molecule has 5 heteroatoms. The summed E-state index contributed by atoms with van der Waals surface area (Å²) >= 11 is 0. The fraction of sp³-hybridized carbons (Fsp3) is 0.917. The van der Waals surface area contributed by atoms with Crippen molar-refractivity contribution in [2.45, 2.75) is 51.6 Å². The zero-order valence-electron chi connectivity index (χ0n) is 11.2. The highest BCUT2D eigenvalue weighted by Crippen LogP contribution is 2.36. The Balaban J connectivity index is 3.12. The lowest BCUT2D eigenvalue weighted by Crippen LogP contribution is -2.72. The fourth-order valence-corrected chi connectivity index (χ4v) is 2.72. The van der Waals surface area contributed by atoms with Crippen molar-refractivity contribution in [1.82, 2.24) is 9.96 Å². The molecule has 0 aromatic heterocycles. The predicted molar refractivity (Wildman–Crippen MR) is 64.7 cm³/mol. The minimum atomic E-state index is -0.850. The lowest BCUT2D eigenvalue weighted by Gasteiger charge is -2.54. The van der Waals surface area contributed by atoms with Crippen molar-refractivity contribution < 1.29 is 15.1 Å². The van der Waals surface area contributed by atoms with E-state index in [1.165, 1.54) is 5.06 Å². The number of aliphatic hydroxyl groups is 1. The van der Waals surface area contributed by atoms with Gasteiger partial charge in [-0.05, 0) is 26.7 Å². The number of hydroxylamine groups is 2. The van der Waals surface area contributed by atoms with Gasteiger partial charge in [0.05, 0.1) is 12.1 Å². The van der Waals surface area contributed by atoms with Crippen LogP contribution in [0.5, 0.6) is 0 Å². The van der Waals surface area contributed by atoms with Gasteiger partial charge in [-0.2, -0.15) is 5.06 Å². The second-order valence-corrected chi connectivity index (χ2v) is 5.31. The number of hydrogen-bond donors (Lipinski definition) is 2. The lowest BCUT2D eigenvalue weighted by atomic mass is 9.83. The van der Waals surface area contributed by atoms with Crippen LogP contribution in [0, 0.1) is 0 Å². The summed E-state index contributed by atoms with van der Waals surface area (Å²) in [6, 6.07) is 0. The molecule has 0 aromatic rings. The number of amides is 1. The molecular formula is C12H24N2O3. The summed E-state index contributed by atoms with van der Waals surface area (Å²) in [5, 5.41) is 20.6. The monoisotopic (exact) mass is 244 g/mol. The van der Waals surface area contributed by atoms with Gasteiger partial charge in [0, 0.05) is 13.1 Å². The van der Waals surface area contributed by atoms with E-state index in [1.807, 2.05) is 27.7 Å². The molecule has 1 fully saturated rings. The van der Waals surface area contributed by atoms with Crippen molar-refractivity contribution in [1.29, 1.82) is 0 Å². The Morgan fingerprint density at radius 2 is 1.82 bits per heavy atom. The third kappa shape index (κ3) is 2.19. The second-order valence-electron chi connectivity index (χ2n) is 5.31. The molecule has 0 aromatic carbocycles. The summed E-state index contributed by atoms with van der Waals surface area (Å²) in [7, 11) is 0. The van der Waals surface area contributed by atoms with Crippen LogP contribution in [0.25, 0.3) is 0 Å². The first-order valence-electron chi connectivity index (χ1n) is 6.25. The van der Waals surface area contributed by atoms with E-state index in [2.05, 4.69) is 0 Å². The molecule has 0 atom stereocenters. The Hall–Kier alpha value is -0.650. The standard InChI is InChI=1S/C12H24N2O3/c1-5-12(6-2)10(16)13(7-8-15)9-11(3,4)14(12)17/h15,17H,5-9H2,1-4H3. The Morgan fingerprint density at radius 1 is 1.29 bits per heavy atom. The minimum Gasteiger partial charge on any atom is -0.395 e. The largest absolute Gasteiger partial charge is 0.395 e. The van der Waals surface area contributed by atoms with E-state index in [0.29, 0.717) is 25.9 Å². The summed E-state index contributed by atoms with van der Waals surface area (Å²) in [6.45, 7) is 8.35. The van der Waals surface area contributed by atoms with Gasteiger partial charge < -0.3 is 15.2 Å². The van der Waals surface area contributed by atoms with Gasteiger partial charge in [-0.1, -0.05) is 13.8 Å². The molecule has 0 aliphatic carbocycles. The number of carbonyl (C=O) groups is 1. The summed E-state index contributed by atoms with van der Waals surface area (Å²) < 4.78 is 0. The molecule has 1 rings (SSSR count). The van der Waals surface area contributed by atoms with Gasteiger partial charge in [0.25, 0.3) is 0 Å². The van der Waals surface area contributed by atoms with Gasteiger partial charge in [0.2, 0.25) is 5.91 Å². The molecule has 5 nitrogen and oxygen atoms in total. The maximum absolute atomic E-state index is 12.4. The zero-order valence-corrected chi connectivity index (χ0v) is 11.2. The van der Waals surface area contributed by atoms with Gasteiger partial charge in [-0.15, -0.1) is 0 Å². The number of nitrogens with zero attached hydrogens (tertiary/aromatic N) is 2. The average Bonchev–Trinajstić information content (AvgIpc) is 2.28. The summed E-state index contributed by atoms with van der Waals surface area (Å²) in [5.74, 6) is -0.0848. The Bertz CT molecular complexity index is 287. The van der Waals surface area contributed by atoms with Crippen LogP contribution >= 0.6 is 0 Å². The number of rotatable bonds is 4. The number of β-amino-alcohol motifs (C(OH)–C–C–N with tert-alkyl or cyclic N) is 1. The first kappa shape index (κ1) is 14.4. The first-order valence-corrected chi connectivity index (χ1v) is 6.25.